The summed E-state index contributed by atoms with van der Waals surface area (Å²) in [6.45, 7) is 3.93. The van der Waals surface area contributed by atoms with Gasteiger partial charge in [0.2, 0.25) is 0 Å². The summed E-state index contributed by atoms with van der Waals surface area (Å²) >= 11 is 0. The number of hydrogen-bond donors (Lipinski definition) is 1. The highest BCUT2D eigenvalue weighted by atomic mass is 19.2. The van der Waals surface area contributed by atoms with Gasteiger partial charge in [0.25, 0.3) is 0 Å². The molecule has 16 heavy (non-hydrogen) atoms. The molecule has 0 unspecified atom stereocenters. The van der Waals surface area contributed by atoms with E-state index >= 15 is 0 Å². The van der Waals surface area contributed by atoms with Crippen molar-refractivity contribution in [1.29, 1.82) is 0 Å². The Hall–Kier alpha value is -1.65. The van der Waals surface area contributed by atoms with Gasteiger partial charge in [-0.3, -0.25) is 0 Å². The minimum atomic E-state index is -1.12. The molecule has 0 aliphatic heterocycles. The molecule has 5 heteroatoms. The molecule has 88 valence electrons. The summed E-state index contributed by atoms with van der Waals surface area (Å²) < 4.78 is 30.5. The summed E-state index contributed by atoms with van der Waals surface area (Å²) in [5.41, 5.74) is 5.11. The van der Waals surface area contributed by atoms with Gasteiger partial charge in [0.05, 0.1) is 12.2 Å². The van der Waals surface area contributed by atoms with Gasteiger partial charge in [-0.1, -0.05) is 13.8 Å². The van der Waals surface area contributed by atoms with Gasteiger partial charge in [-0.15, -0.1) is 0 Å². The van der Waals surface area contributed by atoms with E-state index in [9.17, 15) is 13.6 Å². The zero-order valence-corrected chi connectivity index (χ0v) is 9.09. The lowest BCUT2D eigenvalue weighted by Crippen LogP contribution is -2.12. The van der Waals surface area contributed by atoms with Crippen molar-refractivity contribution in [1.82, 2.24) is 0 Å². The van der Waals surface area contributed by atoms with Crippen molar-refractivity contribution in [3.05, 3.63) is 29.3 Å². The zero-order valence-electron chi connectivity index (χ0n) is 9.09. The summed E-state index contributed by atoms with van der Waals surface area (Å²) in [5, 5.41) is 0. The summed E-state index contributed by atoms with van der Waals surface area (Å²) in [6, 6.07) is 1.51. The molecule has 0 saturated heterocycles. The van der Waals surface area contributed by atoms with E-state index in [1.165, 1.54) is 0 Å². The maximum Gasteiger partial charge on any atom is 0.340 e. The van der Waals surface area contributed by atoms with Crippen LogP contribution in [0.3, 0.4) is 0 Å². The average Bonchev–Trinajstić information content (AvgIpc) is 2.20. The Morgan fingerprint density at radius 2 is 1.94 bits per heavy atom. The van der Waals surface area contributed by atoms with Crippen molar-refractivity contribution in [3.63, 3.8) is 0 Å². The lowest BCUT2D eigenvalue weighted by Gasteiger charge is -2.09. The van der Waals surface area contributed by atoms with Crippen LogP contribution >= 0.6 is 0 Å². The van der Waals surface area contributed by atoms with Gasteiger partial charge in [-0.25, -0.2) is 13.6 Å². The van der Waals surface area contributed by atoms with E-state index in [1.54, 1.807) is 0 Å². The standard InChI is InChI=1S/C11H13F2NO2/c1-6(2)5-16-11(15)7-3-8(12)9(13)4-10(7)14/h3-4,6H,5,14H2,1-2H3. The molecular weight excluding hydrogens is 216 g/mol. The van der Waals surface area contributed by atoms with E-state index in [0.717, 1.165) is 12.1 Å². The normalized spacial score (nSPS) is 10.6. The molecule has 0 heterocycles. The van der Waals surface area contributed by atoms with Crippen LogP contribution in [0.2, 0.25) is 0 Å². The van der Waals surface area contributed by atoms with Crippen LogP contribution in [0.4, 0.5) is 14.5 Å². The first-order chi connectivity index (χ1) is 7.41. The Kier molecular flexibility index (Phi) is 3.82. The fourth-order valence-electron chi connectivity index (χ4n) is 1.06. The highest BCUT2D eigenvalue weighted by molar-refractivity contribution is 5.95. The smallest absolute Gasteiger partial charge is 0.340 e. The molecule has 0 radical (unpaired) electrons. The highest BCUT2D eigenvalue weighted by Gasteiger charge is 2.15. The topological polar surface area (TPSA) is 52.3 Å². The largest absolute Gasteiger partial charge is 0.462 e. The average molecular weight is 229 g/mol. The van der Waals surface area contributed by atoms with Crippen LogP contribution in [-0.4, -0.2) is 12.6 Å². The Balaban J connectivity index is 2.87. The molecule has 0 aliphatic rings. The van der Waals surface area contributed by atoms with Crippen LogP contribution < -0.4 is 5.73 Å². The molecule has 0 atom stereocenters. The first kappa shape index (κ1) is 12.4. The Labute approximate surface area is 92.2 Å². The molecule has 0 amide bonds. The van der Waals surface area contributed by atoms with E-state index in [1.807, 2.05) is 13.8 Å². The third kappa shape index (κ3) is 2.92. The molecule has 0 spiro atoms. The molecule has 0 saturated carbocycles. The third-order valence-electron chi connectivity index (χ3n) is 1.86. The summed E-state index contributed by atoms with van der Waals surface area (Å²) in [6.07, 6.45) is 0. The molecule has 1 rings (SSSR count). The second-order valence-electron chi connectivity index (χ2n) is 3.85. The number of halogens is 2. The first-order valence-electron chi connectivity index (χ1n) is 4.83. The highest BCUT2D eigenvalue weighted by Crippen LogP contribution is 2.18. The minimum Gasteiger partial charge on any atom is -0.462 e. The Morgan fingerprint density at radius 1 is 1.38 bits per heavy atom. The molecule has 2 N–H and O–H groups in total. The monoisotopic (exact) mass is 229 g/mol. The number of benzene rings is 1. The van der Waals surface area contributed by atoms with Gasteiger partial charge in [-0.2, -0.15) is 0 Å². The quantitative estimate of drug-likeness (QED) is 0.639. The lowest BCUT2D eigenvalue weighted by atomic mass is 10.1. The van der Waals surface area contributed by atoms with Gasteiger partial charge in [0.1, 0.15) is 0 Å². The van der Waals surface area contributed by atoms with Crippen molar-refractivity contribution in [2.24, 2.45) is 5.92 Å². The van der Waals surface area contributed by atoms with Crippen molar-refractivity contribution < 1.29 is 18.3 Å². The van der Waals surface area contributed by atoms with Crippen molar-refractivity contribution in [2.45, 2.75) is 13.8 Å². The van der Waals surface area contributed by atoms with Gasteiger partial charge >= 0.3 is 5.97 Å². The van der Waals surface area contributed by atoms with Crippen LogP contribution in [0.5, 0.6) is 0 Å². The fraction of sp³-hybridized carbons (Fsp3) is 0.364. The predicted octanol–water partition coefficient (Wildman–Crippen LogP) is 2.36. The fourth-order valence-corrected chi connectivity index (χ4v) is 1.06. The third-order valence-corrected chi connectivity index (χ3v) is 1.86. The van der Waals surface area contributed by atoms with Crippen molar-refractivity contribution >= 4 is 11.7 Å². The SMILES string of the molecule is CC(C)COC(=O)c1cc(F)c(F)cc1N. The Bertz CT molecular complexity index is 405. The maximum atomic E-state index is 12.9. The number of nitrogen functional groups attached to an aromatic ring is 1. The van der Waals surface area contributed by atoms with E-state index in [-0.39, 0.29) is 23.8 Å². The second-order valence-corrected chi connectivity index (χ2v) is 3.85. The summed E-state index contributed by atoms with van der Waals surface area (Å²) in [5.74, 6) is -2.79. The predicted molar refractivity (Wildman–Crippen MR) is 55.9 cm³/mol. The zero-order chi connectivity index (χ0) is 12.3. The van der Waals surface area contributed by atoms with Crippen LogP contribution in [-0.2, 0) is 4.74 Å². The number of carbonyl (C=O) groups excluding carboxylic acids is 1. The van der Waals surface area contributed by atoms with E-state index < -0.39 is 17.6 Å². The molecular formula is C11H13F2NO2. The van der Waals surface area contributed by atoms with E-state index in [0.29, 0.717) is 0 Å². The number of rotatable bonds is 3. The van der Waals surface area contributed by atoms with Crippen LogP contribution in [0.25, 0.3) is 0 Å². The van der Waals surface area contributed by atoms with Crippen LogP contribution in [0.1, 0.15) is 24.2 Å². The van der Waals surface area contributed by atoms with Crippen LogP contribution in [0.15, 0.2) is 12.1 Å². The number of anilines is 1. The molecule has 3 nitrogen and oxygen atoms in total. The number of hydrogen-bond acceptors (Lipinski definition) is 3. The summed E-state index contributed by atoms with van der Waals surface area (Å²) in [4.78, 5) is 11.4. The molecule has 1 aromatic rings. The molecule has 0 aliphatic carbocycles. The van der Waals surface area contributed by atoms with Gasteiger partial charge in [0, 0.05) is 11.8 Å². The van der Waals surface area contributed by atoms with Gasteiger partial charge in [0.15, 0.2) is 11.6 Å². The summed E-state index contributed by atoms with van der Waals surface area (Å²) in [7, 11) is 0. The van der Waals surface area contributed by atoms with Gasteiger partial charge < -0.3 is 10.5 Å². The number of carbonyl (C=O) groups is 1. The molecule has 0 fully saturated rings. The molecule has 0 aromatic heterocycles. The number of nitrogens with two attached hydrogens (primary N) is 1. The minimum absolute atomic E-state index is 0.132. The van der Waals surface area contributed by atoms with E-state index in [2.05, 4.69) is 0 Å². The lowest BCUT2D eigenvalue weighted by molar-refractivity contribution is 0.0459. The van der Waals surface area contributed by atoms with Crippen LogP contribution in [0, 0.1) is 17.6 Å². The molecule has 1 aromatic carbocycles. The number of esters is 1. The molecule has 0 bridgehead atoms. The van der Waals surface area contributed by atoms with Crippen molar-refractivity contribution in [3.8, 4) is 0 Å². The maximum absolute atomic E-state index is 12.9. The first-order valence-corrected chi connectivity index (χ1v) is 4.83. The van der Waals surface area contributed by atoms with Gasteiger partial charge in [-0.05, 0) is 12.0 Å². The second kappa shape index (κ2) is 4.92. The Morgan fingerprint density at radius 3 is 2.50 bits per heavy atom. The van der Waals surface area contributed by atoms with Crippen molar-refractivity contribution in [2.75, 3.05) is 12.3 Å². The van der Waals surface area contributed by atoms with E-state index in [4.69, 9.17) is 10.5 Å². The number of ether oxygens (including phenoxy) is 1.